The van der Waals surface area contributed by atoms with E-state index in [0.717, 1.165) is 0 Å². The molecule has 0 bridgehead atoms. The summed E-state index contributed by atoms with van der Waals surface area (Å²) in [6.45, 7) is 3.64. The van der Waals surface area contributed by atoms with E-state index in [4.69, 9.17) is 16.3 Å². The maximum absolute atomic E-state index is 10.5. The highest BCUT2D eigenvalue weighted by Gasteiger charge is 2.06. The van der Waals surface area contributed by atoms with Gasteiger partial charge in [0.1, 0.15) is 11.8 Å². The maximum atomic E-state index is 10.5. The summed E-state index contributed by atoms with van der Waals surface area (Å²) < 4.78 is 6.63. The monoisotopic (exact) mass is 202 g/mol. The van der Waals surface area contributed by atoms with Crippen LogP contribution in [0.1, 0.15) is 19.9 Å². The Labute approximate surface area is 81.5 Å². The van der Waals surface area contributed by atoms with Crippen LogP contribution < -0.4 is 0 Å². The molecule has 1 aromatic rings. The lowest BCUT2D eigenvalue weighted by Crippen LogP contribution is -2.12. The van der Waals surface area contributed by atoms with Gasteiger partial charge >= 0.3 is 5.97 Å². The average Bonchev–Trinajstić information content (AvgIpc) is 2.47. The summed E-state index contributed by atoms with van der Waals surface area (Å²) in [7, 11) is 0. The molecule has 0 amide bonds. The molecule has 13 heavy (non-hydrogen) atoms. The van der Waals surface area contributed by atoms with E-state index in [2.05, 4.69) is 4.98 Å². The zero-order valence-electron chi connectivity index (χ0n) is 7.53. The second-order valence-corrected chi connectivity index (χ2v) is 3.18. The number of hydrogen-bond donors (Lipinski definition) is 0. The fourth-order valence-corrected chi connectivity index (χ4v) is 1.03. The molecule has 0 aliphatic heterocycles. The molecule has 0 fully saturated rings. The molecule has 0 spiro atoms. The van der Waals surface area contributed by atoms with Crippen LogP contribution in [0.3, 0.4) is 0 Å². The van der Waals surface area contributed by atoms with Gasteiger partial charge in [-0.1, -0.05) is 11.6 Å². The fraction of sp³-hybridized carbons (Fsp3) is 0.500. The number of esters is 1. The van der Waals surface area contributed by atoms with Crippen molar-refractivity contribution in [1.82, 2.24) is 9.55 Å². The van der Waals surface area contributed by atoms with Crippen molar-refractivity contribution in [2.24, 2.45) is 0 Å². The second-order valence-electron chi connectivity index (χ2n) is 2.80. The molecule has 0 aliphatic carbocycles. The number of rotatable bonds is 3. The van der Waals surface area contributed by atoms with Gasteiger partial charge < -0.3 is 9.30 Å². The highest BCUT2D eigenvalue weighted by molar-refractivity contribution is 6.29. The lowest BCUT2D eigenvalue weighted by molar-refractivity contribution is -0.141. The van der Waals surface area contributed by atoms with E-state index in [1.54, 1.807) is 17.1 Å². The Morgan fingerprint density at radius 1 is 1.85 bits per heavy atom. The predicted molar refractivity (Wildman–Crippen MR) is 48.6 cm³/mol. The van der Waals surface area contributed by atoms with Crippen molar-refractivity contribution in [2.75, 3.05) is 6.61 Å². The molecule has 1 rings (SSSR count). The zero-order chi connectivity index (χ0) is 9.84. The summed E-state index contributed by atoms with van der Waals surface area (Å²) >= 11 is 5.63. The van der Waals surface area contributed by atoms with Crippen molar-refractivity contribution in [3.8, 4) is 0 Å². The summed E-state index contributed by atoms with van der Waals surface area (Å²) in [5, 5.41) is 0.440. The van der Waals surface area contributed by atoms with E-state index in [1.807, 2.05) is 6.92 Å². The number of hydrogen-bond acceptors (Lipinski definition) is 3. The molecule has 0 N–H and O–H groups in total. The first-order valence-corrected chi connectivity index (χ1v) is 4.29. The molecule has 0 radical (unpaired) electrons. The first-order valence-electron chi connectivity index (χ1n) is 3.92. The number of nitrogens with zero attached hydrogens (tertiary/aromatic N) is 2. The fourth-order valence-electron chi connectivity index (χ4n) is 0.877. The summed E-state index contributed by atoms with van der Waals surface area (Å²) in [6.07, 6.45) is 3.30. The van der Waals surface area contributed by atoms with Gasteiger partial charge in [0.15, 0.2) is 0 Å². The van der Waals surface area contributed by atoms with E-state index in [-0.39, 0.29) is 12.0 Å². The van der Waals surface area contributed by atoms with Crippen LogP contribution in [0.15, 0.2) is 12.5 Å². The minimum absolute atomic E-state index is 0.0592. The summed E-state index contributed by atoms with van der Waals surface area (Å²) in [5.41, 5.74) is 0. The smallest absolute Gasteiger partial charge is 0.302 e. The Morgan fingerprint density at radius 3 is 3.00 bits per heavy atom. The highest BCUT2D eigenvalue weighted by Crippen LogP contribution is 2.10. The number of carbonyl (C=O) groups is 1. The lowest BCUT2D eigenvalue weighted by Gasteiger charge is -2.11. The van der Waals surface area contributed by atoms with Gasteiger partial charge in [-0.15, -0.1) is 0 Å². The Hall–Kier alpha value is -1.03. The molecule has 0 saturated carbocycles. The molecule has 4 nitrogen and oxygen atoms in total. The van der Waals surface area contributed by atoms with E-state index in [1.165, 1.54) is 6.92 Å². The quantitative estimate of drug-likeness (QED) is 0.701. The minimum Gasteiger partial charge on any atom is -0.464 e. The van der Waals surface area contributed by atoms with Gasteiger partial charge in [-0.25, -0.2) is 4.98 Å². The molecule has 72 valence electrons. The van der Waals surface area contributed by atoms with E-state index in [0.29, 0.717) is 11.8 Å². The molecule has 1 heterocycles. The van der Waals surface area contributed by atoms with Crippen LogP contribution in [-0.2, 0) is 9.53 Å². The highest BCUT2D eigenvalue weighted by atomic mass is 35.5. The number of ether oxygens (including phenoxy) is 1. The van der Waals surface area contributed by atoms with Gasteiger partial charge in [0, 0.05) is 13.1 Å². The molecule has 0 saturated heterocycles. The van der Waals surface area contributed by atoms with E-state index in [9.17, 15) is 4.79 Å². The standard InChI is InChI=1S/C8H11ClN2O2/c1-6(4-13-7(2)12)11-3-8(9)10-5-11/h3,5-6H,4H2,1-2H3. The first kappa shape index (κ1) is 10.1. The number of carbonyl (C=O) groups excluding carboxylic acids is 1. The Morgan fingerprint density at radius 2 is 2.54 bits per heavy atom. The summed E-state index contributed by atoms with van der Waals surface area (Å²) in [4.78, 5) is 14.4. The third-order valence-corrected chi connectivity index (χ3v) is 1.80. The topological polar surface area (TPSA) is 44.1 Å². The number of imidazole rings is 1. The van der Waals surface area contributed by atoms with Crippen LogP contribution in [0.4, 0.5) is 0 Å². The zero-order valence-corrected chi connectivity index (χ0v) is 8.28. The van der Waals surface area contributed by atoms with Gasteiger partial charge in [0.25, 0.3) is 0 Å². The SMILES string of the molecule is CC(=O)OCC(C)n1cnc(Cl)c1. The van der Waals surface area contributed by atoms with Gasteiger partial charge in [-0.2, -0.15) is 0 Å². The van der Waals surface area contributed by atoms with E-state index >= 15 is 0 Å². The van der Waals surface area contributed by atoms with Gasteiger partial charge in [0.05, 0.1) is 12.4 Å². The van der Waals surface area contributed by atoms with Crippen LogP contribution in [0.2, 0.25) is 5.15 Å². The Balaban J connectivity index is 2.48. The van der Waals surface area contributed by atoms with Gasteiger partial charge in [0.2, 0.25) is 0 Å². The molecule has 0 aliphatic rings. The second kappa shape index (κ2) is 4.28. The van der Waals surface area contributed by atoms with Crippen LogP contribution in [0, 0.1) is 0 Å². The Kier molecular flexibility index (Phi) is 3.31. The van der Waals surface area contributed by atoms with Crippen LogP contribution in [0.25, 0.3) is 0 Å². The van der Waals surface area contributed by atoms with Crippen molar-refractivity contribution in [1.29, 1.82) is 0 Å². The number of halogens is 1. The Bertz CT molecular complexity index is 298. The normalized spacial score (nSPS) is 12.5. The van der Waals surface area contributed by atoms with Crippen LogP contribution in [0.5, 0.6) is 0 Å². The lowest BCUT2D eigenvalue weighted by atomic mass is 10.4. The van der Waals surface area contributed by atoms with Crippen molar-refractivity contribution in [3.63, 3.8) is 0 Å². The molecular weight excluding hydrogens is 192 g/mol. The summed E-state index contributed by atoms with van der Waals surface area (Å²) in [5.74, 6) is -0.280. The summed E-state index contributed by atoms with van der Waals surface area (Å²) in [6, 6.07) is 0.0592. The van der Waals surface area contributed by atoms with Crippen molar-refractivity contribution in [2.45, 2.75) is 19.9 Å². The third kappa shape index (κ3) is 3.06. The van der Waals surface area contributed by atoms with Crippen LogP contribution >= 0.6 is 11.6 Å². The van der Waals surface area contributed by atoms with Gasteiger partial charge in [-0.3, -0.25) is 4.79 Å². The maximum Gasteiger partial charge on any atom is 0.302 e. The van der Waals surface area contributed by atoms with E-state index < -0.39 is 0 Å². The largest absolute Gasteiger partial charge is 0.464 e. The van der Waals surface area contributed by atoms with Gasteiger partial charge in [-0.05, 0) is 6.92 Å². The van der Waals surface area contributed by atoms with Crippen molar-refractivity contribution < 1.29 is 9.53 Å². The molecular formula is C8H11ClN2O2. The first-order chi connectivity index (χ1) is 6.09. The molecule has 1 atom stereocenters. The van der Waals surface area contributed by atoms with Crippen molar-refractivity contribution in [3.05, 3.63) is 17.7 Å². The average molecular weight is 203 g/mol. The minimum atomic E-state index is -0.280. The molecule has 5 heteroatoms. The predicted octanol–water partition coefficient (Wildman–Crippen LogP) is 1.66. The third-order valence-electron chi connectivity index (χ3n) is 1.61. The van der Waals surface area contributed by atoms with Crippen molar-refractivity contribution >= 4 is 17.6 Å². The molecule has 1 aromatic heterocycles. The number of aromatic nitrogens is 2. The molecule has 1 unspecified atom stereocenters. The van der Waals surface area contributed by atoms with Crippen LogP contribution in [-0.4, -0.2) is 22.1 Å². The molecule has 0 aromatic carbocycles.